The molecular formula is C12H24N2O5. The Balaban J connectivity index is 3.19. The van der Waals surface area contributed by atoms with E-state index in [0.717, 1.165) is 25.9 Å². The summed E-state index contributed by atoms with van der Waals surface area (Å²) in [7, 11) is 0. The molecule has 0 aromatic carbocycles. The molecule has 7 heteroatoms. The number of nitrogens with one attached hydrogen (secondary N) is 2. The fraction of sp³-hybridized carbons (Fsp3) is 0.833. The molecule has 0 heterocycles. The van der Waals surface area contributed by atoms with Crippen molar-refractivity contribution >= 4 is 12.0 Å². The van der Waals surface area contributed by atoms with E-state index in [1.54, 1.807) is 0 Å². The highest BCUT2D eigenvalue weighted by Crippen LogP contribution is 1.88. The second-order valence-corrected chi connectivity index (χ2v) is 3.95. The van der Waals surface area contributed by atoms with E-state index in [0.29, 0.717) is 13.2 Å². The maximum absolute atomic E-state index is 11.2. The molecule has 19 heavy (non-hydrogen) atoms. The molecular weight excluding hydrogens is 252 g/mol. The molecule has 0 aliphatic carbocycles. The first kappa shape index (κ1) is 17.7. The number of ether oxygens (including phenoxy) is 2. The summed E-state index contributed by atoms with van der Waals surface area (Å²) in [4.78, 5) is 21.4. The molecule has 3 N–H and O–H groups in total. The third-order valence-corrected chi connectivity index (χ3v) is 2.15. The molecule has 2 amide bonds. The van der Waals surface area contributed by atoms with Gasteiger partial charge in [0.2, 0.25) is 0 Å². The Morgan fingerprint density at radius 2 is 1.68 bits per heavy atom. The Labute approximate surface area is 113 Å². The van der Waals surface area contributed by atoms with Crippen LogP contribution in [0, 0.1) is 0 Å². The van der Waals surface area contributed by atoms with Crippen molar-refractivity contribution in [2.75, 3.05) is 39.5 Å². The number of carboxylic acid groups (broad SMARTS) is 1. The van der Waals surface area contributed by atoms with Crippen LogP contribution >= 0.6 is 0 Å². The average molecular weight is 276 g/mol. The number of aliphatic carboxylic acids is 1. The van der Waals surface area contributed by atoms with Crippen LogP contribution in [0.2, 0.25) is 0 Å². The van der Waals surface area contributed by atoms with E-state index in [1.165, 1.54) is 0 Å². The molecule has 0 aromatic rings. The number of amides is 2. The predicted octanol–water partition coefficient (Wildman–Crippen LogP) is 0.594. The van der Waals surface area contributed by atoms with Crippen molar-refractivity contribution < 1.29 is 24.2 Å². The van der Waals surface area contributed by atoms with Gasteiger partial charge in [0.1, 0.15) is 6.61 Å². The van der Waals surface area contributed by atoms with Gasteiger partial charge in [0.25, 0.3) is 0 Å². The van der Waals surface area contributed by atoms with E-state index in [1.807, 2.05) is 0 Å². The molecule has 0 unspecified atom stereocenters. The van der Waals surface area contributed by atoms with Crippen LogP contribution in [0.3, 0.4) is 0 Å². The summed E-state index contributed by atoms with van der Waals surface area (Å²) in [6.45, 7) is 4.18. The standard InChI is InChI=1S/C12H24N2O5/c1-2-3-7-18-8-4-5-13-12(17)14-6-9-19-10-11(15)16/h2-10H2,1H3,(H,15,16)(H2,13,14,17). The van der Waals surface area contributed by atoms with Crippen molar-refractivity contribution in [2.45, 2.75) is 26.2 Å². The number of rotatable bonds is 12. The highest BCUT2D eigenvalue weighted by molar-refractivity contribution is 5.73. The van der Waals surface area contributed by atoms with Crippen LogP contribution in [0.5, 0.6) is 0 Å². The summed E-state index contributed by atoms with van der Waals surface area (Å²) in [5.74, 6) is -1.02. The highest BCUT2D eigenvalue weighted by atomic mass is 16.5. The van der Waals surface area contributed by atoms with E-state index in [9.17, 15) is 9.59 Å². The van der Waals surface area contributed by atoms with Crippen molar-refractivity contribution in [3.8, 4) is 0 Å². The first-order valence-corrected chi connectivity index (χ1v) is 6.55. The fourth-order valence-corrected chi connectivity index (χ4v) is 1.18. The number of carboxylic acids is 1. The van der Waals surface area contributed by atoms with Crippen LogP contribution in [0.15, 0.2) is 0 Å². The van der Waals surface area contributed by atoms with Crippen molar-refractivity contribution in [3.63, 3.8) is 0 Å². The molecule has 0 aliphatic heterocycles. The first-order chi connectivity index (χ1) is 9.16. The third kappa shape index (κ3) is 14.6. The average Bonchev–Trinajstić information content (AvgIpc) is 2.37. The Morgan fingerprint density at radius 1 is 1.00 bits per heavy atom. The van der Waals surface area contributed by atoms with Gasteiger partial charge in [-0.05, 0) is 12.8 Å². The highest BCUT2D eigenvalue weighted by Gasteiger charge is 1.99. The predicted molar refractivity (Wildman–Crippen MR) is 70.2 cm³/mol. The maximum atomic E-state index is 11.2. The lowest BCUT2D eigenvalue weighted by Crippen LogP contribution is -2.38. The van der Waals surface area contributed by atoms with Crippen LogP contribution in [0.1, 0.15) is 26.2 Å². The lowest BCUT2D eigenvalue weighted by Gasteiger charge is -2.07. The largest absolute Gasteiger partial charge is 0.480 e. The van der Waals surface area contributed by atoms with Crippen LogP contribution in [0.25, 0.3) is 0 Å². The minimum atomic E-state index is -1.02. The molecule has 0 saturated carbocycles. The quantitative estimate of drug-likeness (QED) is 0.453. The molecule has 0 aromatic heterocycles. The van der Waals surface area contributed by atoms with Crippen molar-refractivity contribution in [3.05, 3.63) is 0 Å². The Morgan fingerprint density at radius 3 is 2.37 bits per heavy atom. The fourth-order valence-electron chi connectivity index (χ4n) is 1.18. The van der Waals surface area contributed by atoms with Gasteiger partial charge in [0, 0.05) is 26.3 Å². The monoisotopic (exact) mass is 276 g/mol. The van der Waals surface area contributed by atoms with Crippen LogP contribution < -0.4 is 10.6 Å². The smallest absolute Gasteiger partial charge is 0.329 e. The van der Waals surface area contributed by atoms with Gasteiger partial charge in [0.15, 0.2) is 0 Å². The van der Waals surface area contributed by atoms with Gasteiger partial charge in [0.05, 0.1) is 6.61 Å². The van der Waals surface area contributed by atoms with Gasteiger partial charge in [-0.15, -0.1) is 0 Å². The zero-order valence-corrected chi connectivity index (χ0v) is 11.4. The molecule has 0 fully saturated rings. The van der Waals surface area contributed by atoms with Gasteiger partial charge in [-0.25, -0.2) is 9.59 Å². The molecule has 7 nitrogen and oxygen atoms in total. The van der Waals surface area contributed by atoms with Gasteiger partial charge in [-0.1, -0.05) is 13.3 Å². The minimum absolute atomic E-state index is 0.180. The number of carbonyl (C=O) groups excluding carboxylic acids is 1. The summed E-state index contributed by atoms with van der Waals surface area (Å²) >= 11 is 0. The molecule has 0 atom stereocenters. The second kappa shape index (κ2) is 13.1. The van der Waals surface area contributed by atoms with Crippen LogP contribution in [0.4, 0.5) is 4.79 Å². The minimum Gasteiger partial charge on any atom is -0.480 e. The van der Waals surface area contributed by atoms with Gasteiger partial charge >= 0.3 is 12.0 Å². The van der Waals surface area contributed by atoms with E-state index < -0.39 is 5.97 Å². The van der Waals surface area contributed by atoms with Gasteiger partial charge in [-0.2, -0.15) is 0 Å². The number of urea groups is 1. The van der Waals surface area contributed by atoms with E-state index >= 15 is 0 Å². The van der Waals surface area contributed by atoms with Crippen molar-refractivity contribution in [1.82, 2.24) is 10.6 Å². The summed E-state index contributed by atoms with van der Waals surface area (Å²) in [5, 5.41) is 13.5. The molecule has 112 valence electrons. The lowest BCUT2D eigenvalue weighted by molar-refractivity contribution is -0.142. The first-order valence-electron chi connectivity index (χ1n) is 6.55. The molecule has 0 spiro atoms. The zero-order valence-electron chi connectivity index (χ0n) is 11.4. The molecule has 0 rings (SSSR count). The van der Waals surface area contributed by atoms with Crippen molar-refractivity contribution in [2.24, 2.45) is 0 Å². The molecule has 0 aliphatic rings. The SMILES string of the molecule is CCCCOCCCNC(=O)NCCOCC(=O)O. The summed E-state index contributed by atoms with van der Waals surface area (Å²) in [6.07, 6.45) is 2.95. The number of unbranched alkanes of at least 4 members (excludes halogenated alkanes) is 1. The summed E-state index contributed by atoms with van der Waals surface area (Å²) in [5.41, 5.74) is 0. The second-order valence-electron chi connectivity index (χ2n) is 3.95. The lowest BCUT2D eigenvalue weighted by atomic mass is 10.4. The van der Waals surface area contributed by atoms with E-state index in [-0.39, 0.29) is 25.8 Å². The Hall–Kier alpha value is -1.34. The number of hydrogen-bond donors (Lipinski definition) is 3. The number of hydrogen-bond acceptors (Lipinski definition) is 4. The topological polar surface area (TPSA) is 96.9 Å². The van der Waals surface area contributed by atoms with Crippen LogP contribution in [-0.4, -0.2) is 56.6 Å². The van der Waals surface area contributed by atoms with E-state index in [4.69, 9.17) is 14.6 Å². The summed E-state index contributed by atoms with van der Waals surface area (Å²) < 4.78 is 10.1. The molecule has 0 bridgehead atoms. The summed E-state index contributed by atoms with van der Waals surface area (Å²) in [6, 6.07) is -0.285. The van der Waals surface area contributed by atoms with Crippen molar-refractivity contribution in [1.29, 1.82) is 0 Å². The molecule has 0 radical (unpaired) electrons. The molecule has 0 saturated heterocycles. The Bertz CT molecular complexity index is 248. The zero-order chi connectivity index (χ0) is 14.3. The van der Waals surface area contributed by atoms with Crippen LogP contribution in [-0.2, 0) is 14.3 Å². The van der Waals surface area contributed by atoms with E-state index in [2.05, 4.69) is 17.6 Å². The normalized spacial score (nSPS) is 10.2. The third-order valence-electron chi connectivity index (χ3n) is 2.15. The number of carbonyl (C=O) groups is 2. The van der Waals surface area contributed by atoms with Gasteiger partial charge < -0.3 is 25.2 Å². The maximum Gasteiger partial charge on any atom is 0.329 e. The van der Waals surface area contributed by atoms with Gasteiger partial charge in [-0.3, -0.25) is 0 Å². The Kier molecular flexibility index (Phi) is 12.2.